The van der Waals surface area contributed by atoms with Crippen molar-refractivity contribution in [3.63, 3.8) is 0 Å². The number of benzene rings is 1. The van der Waals surface area contributed by atoms with Gasteiger partial charge in [-0.15, -0.1) is 11.3 Å². The highest BCUT2D eigenvalue weighted by molar-refractivity contribution is 7.82. The van der Waals surface area contributed by atoms with Crippen molar-refractivity contribution in [2.75, 3.05) is 6.66 Å². The van der Waals surface area contributed by atoms with E-state index in [1.807, 2.05) is 12.7 Å². The Morgan fingerprint density at radius 2 is 2.27 bits per heavy atom. The van der Waals surface area contributed by atoms with Crippen LogP contribution in [0.15, 0.2) is 24.3 Å². The van der Waals surface area contributed by atoms with Gasteiger partial charge in [0.1, 0.15) is 0 Å². The van der Waals surface area contributed by atoms with Crippen molar-refractivity contribution in [1.29, 1.82) is 0 Å². The van der Waals surface area contributed by atoms with Crippen LogP contribution in [-0.4, -0.2) is 13.0 Å². The predicted octanol–water partition coefficient (Wildman–Crippen LogP) is 4.48. The molecule has 0 saturated carbocycles. The molecule has 1 atom stereocenters. The molecule has 1 nitrogen and oxygen atoms in total. The summed E-state index contributed by atoms with van der Waals surface area (Å²) in [4.78, 5) is 11.4. The molecule has 0 aliphatic carbocycles. The van der Waals surface area contributed by atoms with Crippen molar-refractivity contribution in [3.8, 4) is 0 Å². The van der Waals surface area contributed by atoms with Crippen molar-refractivity contribution in [2.24, 2.45) is 0 Å². The number of fused-ring (bicyclic) bond motifs is 1. The molecule has 0 N–H and O–H groups in total. The fourth-order valence-electron chi connectivity index (χ4n) is 1.52. The Labute approximate surface area is 98.6 Å². The lowest BCUT2D eigenvalue weighted by molar-refractivity contribution is 0.112. The summed E-state index contributed by atoms with van der Waals surface area (Å²) in [5, 5.41) is 1.15. The highest BCUT2D eigenvalue weighted by Crippen LogP contribution is 2.41. The van der Waals surface area contributed by atoms with Gasteiger partial charge in [-0.3, -0.25) is 4.79 Å². The topological polar surface area (TPSA) is 17.1 Å². The number of carbonyl (C=O) groups is 1. The number of halogens is 1. The van der Waals surface area contributed by atoms with E-state index in [0.29, 0.717) is 0 Å². The van der Waals surface area contributed by atoms with Crippen LogP contribution in [-0.2, 0) is 6.16 Å². The molecule has 1 unspecified atom stereocenters. The van der Waals surface area contributed by atoms with Crippen LogP contribution in [0.25, 0.3) is 10.1 Å². The lowest BCUT2D eigenvalue weighted by atomic mass is 10.2. The molecule has 2 rings (SSSR count). The summed E-state index contributed by atoms with van der Waals surface area (Å²) in [6.45, 7) is 2.05. The summed E-state index contributed by atoms with van der Waals surface area (Å²) in [7, 11) is -0.423. The van der Waals surface area contributed by atoms with Crippen molar-refractivity contribution in [2.45, 2.75) is 6.16 Å². The maximum absolute atomic E-state index is 10.6. The predicted molar refractivity (Wildman–Crippen MR) is 69.6 cm³/mol. The average molecular weight is 257 g/mol. The maximum atomic E-state index is 10.6. The summed E-state index contributed by atoms with van der Waals surface area (Å²) < 4.78 is 1.16. The molecule has 0 spiro atoms. The van der Waals surface area contributed by atoms with E-state index in [1.54, 1.807) is 0 Å². The first-order chi connectivity index (χ1) is 7.19. The van der Waals surface area contributed by atoms with Crippen molar-refractivity contribution >= 4 is 46.2 Å². The van der Waals surface area contributed by atoms with Crippen LogP contribution in [0.5, 0.6) is 0 Å². The minimum Gasteiger partial charge on any atom is -0.297 e. The van der Waals surface area contributed by atoms with Crippen LogP contribution in [0, 0.1) is 0 Å². The van der Waals surface area contributed by atoms with Crippen LogP contribution >= 0.6 is 29.9 Å². The number of aldehydes is 1. The quantitative estimate of drug-likeness (QED) is 0.585. The Morgan fingerprint density at radius 1 is 1.47 bits per heavy atom. The van der Waals surface area contributed by atoms with E-state index < -0.39 is 7.27 Å². The summed E-state index contributed by atoms with van der Waals surface area (Å²) in [6.07, 6.45) is 1.83. The molecule has 0 aliphatic heterocycles. The molecule has 0 radical (unpaired) electrons. The zero-order valence-corrected chi connectivity index (χ0v) is 10.7. The van der Waals surface area contributed by atoms with E-state index in [4.69, 9.17) is 11.2 Å². The van der Waals surface area contributed by atoms with Gasteiger partial charge < -0.3 is 0 Å². The first-order valence-electron chi connectivity index (χ1n) is 4.53. The molecule has 78 valence electrons. The van der Waals surface area contributed by atoms with Crippen LogP contribution in [0.1, 0.15) is 15.2 Å². The van der Waals surface area contributed by atoms with Gasteiger partial charge in [-0.05, 0) is 43.1 Å². The van der Waals surface area contributed by atoms with Gasteiger partial charge in [0.2, 0.25) is 0 Å². The highest BCUT2D eigenvalue weighted by Gasteiger charge is 2.04. The van der Waals surface area contributed by atoms with Crippen LogP contribution in [0.3, 0.4) is 0 Å². The molecule has 1 heterocycles. The normalized spacial score (nSPS) is 12.9. The number of thiophene rings is 1. The fourth-order valence-corrected chi connectivity index (χ4v) is 3.49. The number of hydrogen-bond acceptors (Lipinski definition) is 2. The third-order valence-electron chi connectivity index (χ3n) is 2.12. The second kappa shape index (κ2) is 4.61. The first-order valence-corrected chi connectivity index (χ1v) is 8.23. The number of rotatable bonds is 3. The van der Waals surface area contributed by atoms with Crippen molar-refractivity contribution in [1.82, 2.24) is 0 Å². The van der Waals surface area contributed by atoms with Gasteiger partial charge in [-0.2, -0.15) is 0 Å². The molecule has 1 aromatic carbocycles. The van der Waals surface area contributed by atoms with Crippen LogP contribution in [0.4, 0.5) is 0 Å². The van der Waals surface area contributed by atoms with Gasteiger partial charge in [0.05, 0.1) is 4.88 Å². The second-order valence-corrected chi connectivity index (χ2v) is 7.77. The number of carbonyl (C=O) groups excluding carboxylic acids is 1. The fraction of sp³-hybridized carbons (Fsp3) is 0.182. The van der Waals surface area contributed by atoms with Gasteiger partial charge in [-0.25, -0.2) is 0 Å². The molecular formula is C11H10ClOPS. The molecule has 4 heteroatoms. The average Bonchev–Trinajstić information content (AvgIpc) is 2.58. The van der Waals surface area contributed by atoms with E-state index in [9.17, 15) is 4.79 Å². The summed E-state index contributed by atoms with van der Waals surface area (Å²) >= 11 is 7.54. The third kappa shape index (κ3) is 2.57. The van der Waals surface area contributed by atoms with Gasteiger partial charge >= 0.3 is 0 Å². The molecule has 15 heavy (non-hydrogen) atoms. The van der Waals surface area contributed by atoms with Gasteiger partial charge in [0, 0.05) is 10.9 Å². The van der Waals surface area contributed by atoms with E-state index >= 15 is 0 Å². The SMILES string of the molecule is CP(Cl)Cc1ccc2sc(C=O)cc2c1. The zero-order chi connectivity index (χ0) is 10.8. The van der Waals surface area contributed by atoms with E-state index in [2.05, 4.69) is 18.2 Å². The minimum absolute atomic E-state index is 0.423. The minimum atomic E-state index is -0.423. The van der Waals surface area contributed by atoms with Crippen LogP contribution < -0.4 is 0 Å². The Balaban J connectivity index is 2.41. The highest BCUT2D eigenvalue weighted by atomic mass is 35.7. The molecule has 0 bridgehead atoms. The molecule has 0 saturated heterocycles. The lowest BCUT2D eigenvalue weighted by Crippen LogP contribution is -1.78. The molecule has 0 fully saturated rings. The Bertz CT molecular complexity index is 492. The molecule has 2 aromatic rings. The van der Waals surface area contributed by atoms with Crippen molar-refractivity contribution in [3.05, 3.63) is 34.7 Å². The smallest absolute Gasteiger partial charge is 0.160 e. The van der Waals surface area contributed by atoms with E-state index in [1.165, 1.54) is 16.9 Å². The molecule has 1 aromatic heterocycles. The Morgan fingerprint density at radius 3 is 2.93 bits per heavy atom. The largest absolute Gasteiger partial charge is 0.297 e. The Hall–Kier alpha value is -0.430. The Kier molecular flexibility index (Phi) is 3.40. The molecular weight excluding hydrogens is 247 g/mol. The van der Waals surface area contributed by atoms with Gasteiger partial charge in [0.25, 0.3) is 0 Å². The van der Waals surface area contributed by atoms with E-state index in [0.717, 1.165) is 27.4 Å². The molecule has 0 aliphatic rings. The molecule has 0 amide bonds. The van der Waals surface area contributed by atoms with Crippen LogP contribution in [0.2, 0.25) is 0 Å². The number of hydrogen-bond donors (Lipinski definition) is 0. The lowest BCUT2D eigenvalue weighted by Gasteiger charge is -2.02. The summed E-state index contributed by atoms with van der Waals surface area (Å²) in [6, 6.07) is 8.22. The summed E-state index contributed by atoms with van der Waals surface area (Å²) in [5.74, 6) is 0. The summed E-state index contributed by atoms with van der Waals surface area (Å²) in [5.41, 5.74) is 1.25. The third-order valence-corrected chi connectivity index (χ3v) is 4.32. The van der Waals surface area contributed by atoms with Crippen molar-refractivity contribution < 1.29 is 4.79 Å². The maximum Gasteiger partial charge on any atom is 0.160 e. The van der Waals surface area contributed by atoms with Gasteiger partial charge in [-0.1, -0.05) is 17.3 Å². The first kappa shape index (κ1) is 11.1. The second-order valence-electron chi connectivity index (χ2n) is 3.40. The van der Waals surface area contributed by atoms with Gasteiger partial charge in [0.15, 0.2) is 6.29 Å². The standard InChI is InChI=1S/C11H10ClOPS/c1-14(12)7-8-2-3-11-9(4-8)5-10(6-13)15-11/h2-6H,7H2,1H3. The monoisotopic (exact) mass is 256 g/mol. The van der Waals surface area contributed by atoms with E-state index in [-0.39, 0.29) is 0 Å². The zero-order valence-electron chi connectivity index (χ0n) is 8.24.